The molecule has 2 heterocycles. The number of halogens is 2. The van der Waals surface area contributed by atoms with Crippen LogP contribution in [0.1, 0.15) is 19.3 Å². The molecule has 0 aromatic carbocycles. The molecule has 5 heteroatoms. The van der Waals surface area contributed by atoms with Gasteiger partial charge in [-0.15, -0.1) is 0 Å². The minimum Gasteiger partial charge on any atom is -0.356 e. The first kappa shape index (κ1) is 10.8. The molecule has 0 spiro atoms. The second-order valence-electron chi connectivity index (χ2n) is 4.42. The summed E-state index contributed by atoms with van der Waals surface area (Å²) in [6.45, 7) is 1.16. The number of carbonyl (C=O) groups excluding carboxylic acids is 1. The van der Waals surface area contributed by atoms with Crippen LogP contribution in [0.5, 0.6) is 0 Å². The zero-order valence-corrected chi connectivity index (χ0v) is 8.56. The van der Waals surface area contributed by atoms with Crippen molar-refractivity contribution >= 4 is 5.91 Å². The molecule has 2 saturated heterocycles. The van der Waals surface area contributed by atoms with Crippen LogP contribution < -0.4 is 10.6 Å². The van der Waals surface area contributed by atoms with Gasteiger partial charge in [-0.05, 0) is 12.3 Å². The summed E-state index contributed by atoms with van der Waals surface area (Å²) in [5, 5.41) is 5.67. The maximum Gasteiger partial charge on any atom is 0.253 e. The van der Waals surface area contributed by atoms with Gasteiger partial charge in [0.25, 0.3) is 5.92 Å². The SMILES string of the molecule is O=C1CC[C@@H](C2CNCCC2(F)F)CN1. The number of amides is 1. The summed E-state index contributed by atoms with van der Waals surface area (Å²) in [6.07, 6.45) is 0.896. The average molecular weight is 218 g/mol. The number of hydrogen-bond acceptors (Lipinski definition) is 2. The third-order valence-electron chi connectivity index (χ3n) is 3.41. The number of piperidine rings is 2. The van der Waals surface area contributed by atoms with E-state index in [9.17, 15) is 13.6 Å². The van der Waals surface area contributed by atoms with E-state index >= 15 is 0 Å². The van der Waals surface area contributed by atoms with Crippen LogP contribution >= 0.6 is 0 Å². The van der Waals surface area contributed by atoms with Crippen molar-refractivity contribution < 1.29 is 13.6 Å². The highest BCUT2D eigenvalue weighted by Crippen LogP contribution is 2.37. The number of hydrogen-bond donors (Lipinski definition) is 2. The van der Waals surface area contributed by atoms with Gasteiger partial charge in [0, 0.05) is 38.4 Å². The zero-order chi connectivity index (χ0) is 10.9. The molecule has 1 unspecified atom stereocenters. The molecule has 2 N–H and O–H groups in total. The van der Waals surface area contributed by atoms with Crippen LogP contribution in [0.4, 0.5) is 8.78 Å². The smallest absolute Gasteiger partial charge is 0.253 e. The molecule has 2 fully saturated rings. The Bertz CT molecular complexity index is 248. The van der Waals surface area contributed by atoms with Gasteiger partial charge in [0.15, 0.2) is 0 Å². The van der Waals surface area contributed by atoms with Gasteiger partial charge in [0.2, 0.25) is 5.91 Å². The van der Waals surface area contributed by atoms with E-state index in [2.05, 4.69) is 10.6 Å². The van der Waals surface area contributed by atoms with Crippen molar-refractivity contribution in [2.45, 2.75) is 25.2 Å². The molecule has 0 bridgehead atoms. The second kappa shape index (κ2) is 4.04. The Hall–Kier alpha value is -0.710. The van der Waals surface area contributed by atoms with Crippen molar-refractivity contribution in [2.75, 3.05) is 19.6 Å². The minimum atomic E-state index is -2.57. The predicted octanol–water partition coefficient (Wildman–Crippen LogP) is 0.757. The van der Waals surface area contributed by atoms with Crippen LogP contribution in [-0.2, 0) is 4.79 Å². The summed E-state index contributed by atoms with van der Waals surface area (Å²) in [5.74, 6) is -3.28. The number of alkyl halides is 2. The highest BCUT2D eigenvalue weighted by molar-refractivity contribution is 5.76. The maximum atomic E-state index is 13.6. The molecule has 2 atom stereocenters. The Labute approximate surface area is 87.6 Å². The van der Waals surface area contributed by atoms with E-state index in [1.807, 2.05) is 0 Å². The van der Waals surface area contributed by atoms with Gasteiger partial charge < -0.3 is 10.6 Å². The molecular formula is C10H16F2N2O. The molecule has 2 aliphatic heterocycles. The molecule has 2 aliphatic rings. The van der Waals surface area contributed by atoms with Crippen molar-refractivity contribution in [3.05, 3.63) is 0 Å². The van der Waals surface area contributed by atoms with Gasteiger partial charge in [-0.3, -0.25) is 4.79 Å². The fraction of sp³-hybridized carbons (Fsp3) is 0.900. The largest absolute Gasteiger partial charge is 0.356 e. The van der Waals surface area contributed by atoms with Crippen LogP contribution in [0, 0.1) is 11.8 Å². The van der Waals surface area contributed by atoms with E-state index in [4.69, 9.17) is 0 Å². The molecule has 3 nitrogen and oxygen atoms in total. The average Bonchev–Trinajstić information content (AvgIpc) is 2.19. The highest BCUT2D eigenvalue weighted by Gasteiger charge is 2.46. The van der Waals surface area contributed by atoms with Gasteiger partial charge in [-0.2, -0.15) is 0 Å². The normalized spacial score (nSPS) is 36.0. The Morgan fingerprint density at radius 2 is 2.13 bits per heavy atom. The lowest BCUT2D eigenvalue weighted by molar-refractivity contribution is -0.128. The first-order valence-electron chi connectivity index (χ1n) is 5.45. The summed E-state index contributed by atoms with van der Waals surface area (Å²) in [5.41, 5.74) is 0. The molecule has 0 radical (unpaired) electrons. The summed E-state index contributed by atoms with van der Waals surface area (Å²) in [6, 6.07) is 0. The monoisotopic (exact) mass is 218 g/mol. The summed E-state index contributed by atoms with van der Waals surface area (Å²) < 4.78 is 27.2. The Morgan fingerprint density at radius 3 is 2.73 bits per heavy atom. The molecule has 0 saturated carbocycles. The van der Waals surface area contributed by atoms with Gasteiger partial charge in [-0.25, -0.2) is 8.78 Å². The molecule has 86 valence electrons. The van der Waals surface area contributed by atoms with Gasteiger partial charge >= 0.3 is 0 Å². The third kappa shape index (κ3) is 2.27. The van der Waals surface area contributed by atoms with E-state index < -0.39 is 11.8 Å². The highest BCUT2D eigenvalue weighted by atomic mass is 19.3. The van der Waals surface area contributed by atoms with E-state index in [0.717, 1.165) is 0 Å². The predicted molar refractivity (Wildman–Crippen MR) is 51.7 cm³/mol. The zero-order valence-electron chi connectivity index (χ0n) is 8.56. The standard InChI is InChI=1S/C10H16F2N2O/c11-10(12)3-4-13-6-8(10)7-1-2-9(15)14-5-7/h7-8,13H,1-6H2,(H,14,15)/t7-,8?/m1/s1. The first-order chi connectivity index (χ1) is 7.09. The fourth-order valence-electron chi connectivity index (χ4n) is 2.45. The van der Waals surface area contributed by atoms with Crippen molar-refractivity contribution in [2.24, 2.45) is 11.8 Å². The summed E-state index contributed by atoms with van der Waals surface area (Å²) in [4.78, 5) is 10.9. The van der Waals surface area contributed by atoms with Crippen LogP contribution in [0.3, 0.4) is 0 Å². The van der Waals surface area contributed by atoms with E-state index in [1.54, 1.807) is 0 Å². The van der Waals surface area contributed by atoms with Crippen LogP contribution in [0.2, 0.25) is 0 Å². The van der Waals surface area contributed by atoms with E-state index in [0.29, 0.717) is 32.5 Å². The molecule has 0 aromatic heterocycles. The lowest BCUT2D eigenvalue weighted by Crippen LogP contribution is -2.51. The van der Waals surface area contributed by atoms with Crippen molar-refractivity contribution in [3.63, 3.8) is 0 Å². The minimum absolute atomic E-state index is 0.0154. The first-order valence-corrected chi connectivity index (χ1v) is 5.45. The van der Waals surface area contributed by atoms with E-state index in [-0.39, 0.29) is 18.2 Å². The Balaban J connectivity index is 1.99. The van der Waals surface area contributed by atoms with Crippen LogP contribution in [0.15, 0.2) is 0 Å². The molecule has 1 amide bonds. The number of nitrogens with one attached hydrogen (secondary N) is 2. The number of carbonyl (C=O) groups is 1. The number of rotatable bonds is 1. The van der Waals surface area contributed by atoms with Gasteiger partial charge in [0.05, 0.1) is 0 Å². The van der Waals surface area contributed by atoms with Gasteiger partial charge in [0.1, 0.15) is 0 Å². The molecule has 2 rings (SSSR count). The topological polar surface area (TPSA) is 41.1 Å². The lowest BCUT2D eigenvalue weighted by Gasteiger charge is -2.38. The Kier molecular flexibility index (Phi) is 2.91. The van der Waals surface area contributed by atoms with E-state index in [1.165, 1.54) is 0 Å². The summed E-state index contributed by atoms with van der Waals surface area (Å²) >= 11 is 0. The molecule has 0 aliphatic carbocycles. The van der Waals surface area contributed by atoms with Crippen LogP contribution in [0.25, 0.3) is 0 Å². The van der Waals surface area contributed by atoms with Gasteiger partial charge in [-0.1, -0.05) is 0 Å². The fourth-order valence-corrected chi connectivity index (χ4v) is 2.45. The second-order valence-corrected chi connectivity index (χ2v) is 4.42. The molecular weight excluding hydrogens is 202 g/mol. The van der Waals surface area contributed by atoms with Crippen molar-refractivity contribution in [1.82, 2.24) is 10.6 Å². The van der Waals surface area contributed by atoms with Crippen molar-refractivity contribution in [3.8, 4) is 0 Å². The molecule has 0 aromatic rings. The Morgan fingerprint density at radius 1 is 1.33 bits per heavy atom. The van der Waals surface area contributed by atoms with Crippen LogP contribution in [-0.4, -0.2) is 31.5 Å². The lowest BCUT2D eigenvalue weighted by atomic mass is 9.79. The maximum absolute atomic E-state index is 13.6. The third-order valence-corrected chi connectivity index (χ3v) is 3.41. The summed E-state index contributed by atoms with van der Waals surface area (Å²) in [7, 11) is 0. The van der Waals surface area contributed by atoms with Crippen molar-refractivity contribution in [1.29, 1.82) is 0 Å². The molecule has 15 heavy (non-hydrogen) atoms. The quantitative estimate of drug-likeness (QED) is 0.682.